The predicted molar refractivity (Wildman–Crippen MR) is 83.4 cm³/mol. The van der Waals surface area contributed by atoms with Gasteiger partial charge in [-0.2, -0.15) is 36.6 Å². The van der Waals surface area contributed by atoms with Crippen LogP contribution in [0.3, 0.4) is 0 Å². The van der Waals surface area contributed by atoms with Crippen LogP contribution in [0.5, 0.6) is 0 Å². The van der Waals surface area contributed by atoms with Gasteiger partial charge in [0.25, 0.3) is 0 Å². The Balaban J connectivity index is -0.0000000455. The number of benzene rings is 1. The Bertz CT molecular complexity index is 440. The second-order valence-corrected chi connectivity index (χ2v) is 6.20. The van der Waals surface area contributed by atoms with Gasteiger partial charge in [-0.3, -0.25) is 0 Å². The van der Waals surface area contributed by atoms with Crippen molar-refractivity contribution in [2.75, 3.05) is 4.90 Å². The van der Waals surface area contributed by atoms with E-state index in [9.17, 15) is 0 Å². The summed E-state index contributed by atoms with van der Waals surface area (Å²) in [7, 11) is 0. The number of rotatable bonds is 3. The molecule has 1 saturated heterocycles. The van der Waals surface area contributed by atoms with Crippen LogP contribution in [0.2, 0.25) is 0 Å². The first kappa shape index (κ1) is 68.4. The number of nitrogens with zero attached hydrogens (tertiary/aromatic N) is 1. The fourth-order valence-electron chi connectivity index (χ4n) is 3.39. The maximum atomic E-state index is 3.46. The summed E-state index contributed by atoms with van der Waals surface area (Å²) >= 11 is 0. The van der Waals surface area contributed by atoms with Crippen LogP contribution in [0.15, 0.2) is 18.2 Å². The Hall–Kier alpha value is 11.2. The first-order chi connectivity index (χ1) is 8.99. The van der Waals surface area contributed by atoms with Gasteiger partial charge in [0.2, 0.25) is 0 Å². The van der Waals surface area contributed by atoms with Crippen molar-refractivity contribution in [1.29, 1.82) is 0 Å². The van der Waals surface area contributed by atoms with E-state index in [1.807, 2.05) is 6.07 Å². The summed E-state index contributed by atoms with van der Waals surface area (Å²) in [4.78, 5) is 2.61. The molecule has 1 aromatic rings. The number of anilines is 1. The summed E-state index contributed by atoms with van der Waals surface area (Å²) in [6.45, 7) is 13.9. The average Bonchev–Trinajstić information content (AvgIpc) is 2.62. The van der Waals surface area contributed by atoms with Gasteiger partial charge in [0.05, 0.1) is 0 Å². The molecule has 0 aromatic heterocycles. The van der Waals surface area contributed by atoms with Gasteiger partial charge >= 0.3 is 0 Å². The second-order valence-electron chi connectivity index (χ2n) is 6.20. The minimum atomic E-state index is 0. The Labute approximate surface area is 464 Å². The van der Waals surface area contributed by atoms with Gasteiger partial charge < -0.3 is 11.3 Å². The van der Waals surface area contributed by atoms with E-state index in [1.165, 1.54) is 11.3 Å². The summed E-state index contributed by atoms with van der Waals surface area (Å²) in [5.74, 6) is 1.94. The van der Waals surface area contributed by atoms with Crippen LogP contribution in [0.4, 0.5) is 5.69 Å². The summed E-state index contributed by atoms with van der Waals surface area (Å²) < 4.78 is 0. The van der Waals surface area contributed by atoms with Crippen LogP contribution in [0, 0.1) is 24.3 Å². The molecule has 139 valence electrons. The molecule has 1 aromatic carbocycles. The van der Waals surface area contributed by atoms with Gasteiger partial charge in [0.1, 0.15) is 0 Å². The van der Waals surface area contributed by atoms with E-state index in [0.717, 1.165) is 11.8 Å². The predicted octanol–water partition coefficient (Wildman–Crippen LogP) is 4.66. The summed E-state index contributed by atoms with van der Waals surface area (Å²) in [5.41, 5.74) is 2.72. The molecule has 1 aliphatic heterocycles. The molecule has 1 fully saturated rings. The average molecular weight is 1240 g/mol. The van der Waals surface area contributed by atoms with Crippen LogP contribution in [0.1, 0.15) is 53.0 Å². The fraction of sp³-hybridized carbons (Fsp3) is 0.611. The van der Waals surface area contributed by atoms with Crippen molar-refractivity contribution in [1.82, 2.24) is 0 Å². The molecular formula is C18H27NY11-2. The largest absolute Gasteiger partial charge is 0.418 e. The van der Waals surface area contributed by atoms with Gasteiger partial charge in [-0.15, -0.1) is 6.07 Å². The molecule has 30 heavy (non-hydrogen) atoms. The van der Waals surface area contributed by atoms with Crippen LogP contribution in [-0.4, -0.2) is 12.1 Å². The van der Waals surface area contributed by atoms with Crippen molar-refractivity contribution in [3.63, 3.8) is 0 Å². The zero-order valence-corrected chi connectivity index (χ0v) is 50.7. The van der Waals surface area contributed by atoms with Crippen molar-refractivity contribution in [3.8, 4) is 0 Å². The van der Waals surface area contributed by atoms with Crippen LogP contribution in [0.25, 0.3) is 0 Å². The van der Waals surface area contributed by atoms with E-state index in [2.05, 4.69) is 71.1 Å². The monoisotopic (exact) mass is 1240 g/mol. The van der Waals surface area contributed by atoms with Crippen molar-refractivity contribution < 1.29 is 360 Å². The third kappa shape index (κ3) is 21.0. The van der Waals surface area contributed by atoms with Gasteiger partial charge in [0, 0.05) is 372 Å². The van der Waals surface area contributed by atoms with Crippen molar-refractivity contribution >= 4 is 5.69 Å². The molecule has 0 spiro atoms. The van der Waals surface area contributed by atoms with Gasteiger partial charge in [-0.1, -0.05) is 26.5 Å². The zero-order chi connectivity index (χ0) is 14.2. The van der Waals surface area contributed by atoms with Gasteiger partial charge in [-0.25, -0.2) is 0 Å². The molecular weight excluding hydrogens is 1210 g/mol. The molecule has 5 atom stereocenters. The molecule has 1 heterocycles. The Morgan fingerprint density at radius 2 is 1.13 bits per heavy atom. The summed E-state index contributed by atoms with van der Waals surface area (Å²) in [5, 5.41) is 0. The van der Waals surface area contributed by atoms with Crippen molar-refractivity contribution in [2.24, 2.45) is 11.8 Å². The van der Waals surface area contributed by atoms with Gasteiger partial charge in [0.15, 0.2) is 0 Å². The summed E-state index contributed by atoms with van der Waals surface area (Å²) in [6, 6.07) is 11.1. The maximum absolute atomic E-state index is 3.46. The van der Waals surface area contributed by atoms with Crippen molar-refractivity contribution in [2.45, 2.75) is 59.5 Å². The van der Waals surface area contributed by atoms with Crippen molar-refractivity contribution in [3.05, 3.63) is 36.2 Å². The third-order valence-corrected chi connectivity index (χ3v) is 5.33. The molecule has 0 amide bonds. The first-order valence-corrected chi connectivity index (χ1v) is 7.57. The van der Waals surface area contributed by atoms with E-state index < -0.39 is 0 Å². The molecule has 1 nitrogen and oxygen atoms in total. The van der Waals surface area contributed by atoms with E-state index in [-0.39, 0.29) is 360 Å². The van der Waals surface area contributed by atoms with E-state index in [1.54, 1.807) is 0 Å². The molecule has 11 radical (unpaired) electrons. The molecule has 12 heteroatoms. The molecule has 0 N–H and O–H groups in total. The normalized spacial score (nSPS) is 20.7. The van der Waals surface area contributed by atoms with E-state index >= 15 is 0 Å². The minimum Gasteiger partial charge on any atom is -0.418 e. The first-order valence-electron chi connectivity index (χ1n) is 7.57. The third-order valence-electron chi connectivity index (χ3n) is 5.33. The van der Waals surface area contributed by atoms with E-state index in [0.29, 0.717) is 18.0 Å². The molecule has 0 saturated carbocycles. The summed E-state index contributed by atoms with van der Waals surface area (Å²) in [6.07, 6.45) is 2.26. The molecule has 2 rings (SSSR count). The minimum absolute atomic E-state index is 0. The molecule has 0 aliphatic carbocycles. The Morgan fingerprint density at radius 1 is 0.767 bits per heavy atom. The van der Waals surface area contributed by atoms with E-state index in [4.69, 9.17) is 0 Å². The molecule has 1 aliphatic rings. The topological polar surface area (TPSA) is 3.24 Å². The standard InChI is InChI=1S/C18H27N.11Y/c1-7-12(2)17-10-8-9-11-18(17)19-15(5)13(3)14(4)16(19)6;;;;;;;;;;;/h7-9,11-16H,1-6H3;;;;;;;;;;;/q-2;;;;;;;;;;;/t12-,13-,14+,15-,16+;;;;;;;;;;;/m1.........../s1. The Kier molecular flexibility index (Phi) is 87.0. The van der Waals surface area contributed by atoms with Crippen LogP contribution >= 0.6 is 0 Å². The zero-order valence-electron chi connectivity index (χ0n) is 19.5. The second kappa shape index (κ2) is 38.2. The molecule has 0 unspecified atom stereocenters. The number of hydrogen-bond acceptors (Lipinski definition) is 1. The van der Waals surface area contributed by atoms with Crippen LogP contribution < -0.4 is 4.90 Å². The van der Waals surface area contributed by atoms with Crippen LogP contribution in [-0.2, 0) is 360 Å². The fourth-order valence-corrected chi connectivity index (χ4v) is 3.39. The smallest absolute Gasteiger partial charge is 0.0178 e. The quantitative estimate of drug-likeness (QED) is 0.399. The SMILES string of the molecule is C[CH-][C@@H](C)c1[c-]cccc1N1[C@H](C)[C@H](C)[C@H](C)[C@@H]1C.[Y].[Y].[Y].[Y].[Y].[Y].[Y].[Y].[Y].[Y].[Y]. The number of hydrogen-bond donors (Lipinski definition) is 0. The van der Waals surface area contributed by atoms with Gasteiger partial charge in [-0.05, 0) is 25.7 Å². The Morgan fingerprint density at radius 3 is 1.47 bits per heavy atom. The maximum Gasteiger partial charge on any atom is 0.0178 e. The molecule has 0 bridgehead atoms.